The van der Waals surface area contributed by atoms with Gasteiger partial charge in [0.25, 0.3) is 0 Å². The minimum Gasteiger partial charge on any atom is -0.377 e. The van der Waals surface area contributed by atoms with Gasteiger partial charge in [0.15, 0.2) is 0 Å². The van der Waals surface area contributed by atoms with Gasteiger partial charge in [-0.15, -0.1) is 0 Å². The highest BCUT2D eigenvalue weighted by Crippen LogP contribution is 2.54. The van der Waals surface area contributed by atoms with E-state index in [4.69, 9.17) is 22.1 Å². The largest absolute Gasteiger partial charge is 0.377 e. The standard InChI is InChI=1S/C13H19ClN4O/c1-13(2)10(7-4-5-19-11(7)13)18(3)9-6-8(14)16-12(15)17-9/h6-7,10-11H,4-5H2,1-3H3,(H2,15,16,17)/t7-,10-,11-/m1/s1. The molecule has 0 unspecified atom stereocenters. The third-order valence-electron chi connectivity index (χ3n) is 4.52. The Morgan fingerprint density at radius 3 is 2.89 bits per heavy atom. The van der Waals surface area contributed by atoms with Crippen LogP contribution in [0, 0.1) is 11.3 Å². The Bertz CT molecular complexity index is 487. The van der Waals surface area contributed by atoms with Crippen LogP contribution in [0.4, 0.5) is 11.8 Å². The van der Waals surface area contributed by atoms with Gasteiger partial charge >= 0.3 is 0 Å². The Labute approximate surface area is 118 Å². The first kappa shape index (κ1) is 12.9. The minimum atomic E-state index is 0.113. The van der Waals surface area contributed by atoms with E-state index in [1.165, 1.54) is 0 Å². The Kier molecular flexibility index (Phi) is 2.87. The molecule has 3 rings (SSSR count). The van der Waals surface area contributed by atoms with Crippen LogP contribution in [0.5, 0.6) is 0 Å². The molecular formula is C13H19ClN4O. The van der Waals surface area contributed by atoms with Crippen molar-refractivity contribution in [3.05, 3.63) is 11.2 Å². The molecule has 2 fully saturated rings. The molecule has 1 aromatic rings. The first-order valence-corrected chi connectivity index (χ1v) is 6.93. The summed E-state index contributed by atoms with van der Waals surface area (Å²) in [4.78, 5) is 10.4. The molecule has 5 nitrogen and oxygen atoms in total. The van der Waals surface area contributed by atoms with Crippen molar-refractivity contribution in [2.24, 2.45) is 11.3 Å². The lowest BCUT2D eigenvalue weighted by Gasteiger charge is -2.58. The Hall–Kier alpha value is -1.07. The normalized spacial score (nSPS) is 31.7. The number of hydrogen-bond donors (Lipinski definition) is 1. The number of rotatable bonds is 2. The van der Waals surface area contributed by atoms with E-state index in [2.05, 4.69) is 28.7 Å². The van der Waals surface area contributed by atoms with Crippen molar-refractivity contribution in [3.63, 3.8) is 0 Å². The zero-order valence-electron chi connectivity index (χ0n) is 11.4. The molecule has 19 heavy (non-hydrogen) atoms. The van der Waals surface area contributed by atoms with Gasteiger partial charge in [-0.2, -0.15) is 4.98 Å². The van der Waals surface area contributed by atoms with E-state index in [1.807, 2.05) is 7.05 Å². The smallest absolute Gasteiger partial charge is 0.223 e. The fourth-order valence-corrected chi connectivity index (χ4v) is 4.01. The molecule has 2 heterocycles. The summed E-state index contributed by atoms with van der Waals surface area (Å²) in [7, 11) is 2.04. The number of fused-ring (bicyclic) bond motifs is 1. The summed E-state index contributed by atoms with van der Waals surface area (Å²) in [5.74, 6) is 1.56. The molecule has 2 N–H and O–H groups in total. The van der Waals surface area contributed by atoms with Crippen LogP contribution in [0.2, 0.25) is 5.15 Å². The maximum atomic E-state index is 5.96. The molecule has 2 aliphatic rings. The first-order valence-electron chi connectivity index (χ1n) is 6.56. The Balaban J connectivity index is 1.89. The topological polar surface area (TPSA) is 64.3 Å². The van der Waals surface area contributed by atoms with Crippen molar-refractivity contribution < 1.29 is 4.74 Å². The summed E-state index contributed by atoms with van der Waals surface area (Å²) in [6.45, 7) is 5.34. The summed E-state index contributed by atoms with van der Waals surface area (Å²) in [6, 6.07) is 2.15. The summed E-state index contributed by atoms with van der Waals surface area (Å²) < 4.78 is 5.82. The summed E-state index contributed by atoms with van der Waals surface area (Å²) in [5.41, 5.74) is 5.79. The molecule has 104 valence electrons. The zero-order chi connectivity index (χ0) is 13.8. The van der Waals surface area contributed by atoms with Gasteiger partial charge in [-0.25, -0.2) is 4.98 Å². The number of halogens is 1. The molecule has 0 amide bonds. The molecule has 1 saturated carbocycles. The van der Waals surface area contributed by atoms with Crippen molar-refractivity contribution >= 4 is 23.4 Å². The molecule has 0 bridgehead atoms. The monoisotopic (exact) mass is 282 g/mol. The highest BCUT2D eigenvalue weighted by molar-refractivity contribution is 6.29. The van der Waals surface area contributed by atoms with E-state index in [1.54, 1.807) is 6.07 Å². The van der Waals surface area contributed by atoms with Crippen LogP contribution in [0.25, 0.3) is 0 Å². The van der Waals surface area contributed by atoms with Crippen molar-refractivity contribution in [3.8, 4) is 0 Å². The predicted octanol–water partition coefficient (Wildman–Crippen LogP) is 1.96. The first-order chi connectivity index (χ1) is 8.91. The molecule has 0 aromatic carbocycles. The van der Waals surface area contributed by atoms with E-state index >= 15 is 0 Å². The van der Waals surface area contributed by atoms with E-state index in [0.717, 1.165) is 18.8 Å². The Morgan fingerprint density at radius 2 is 2.21 bits per heavy atom. The Morgan fingerprint density at radius 1 is 1.47 bits per heavy atom. The second kappa shape index (κ2) is 4.21. The van der Waals surface area contributed by atoms with Gasteiger partial charge in [0, 0.05) is 37.1 Å². The number of hydrogen-bond acceptors (Lipinski definition) is 5. The van der Waals surface area contributed by atoms with Crippen LogP contribution >= 0.6 is 11.6 Å². The molecule has 0 radical (unpaired) electrons. The van der Waals surface area contributed by atoms with Crippen molar-refractivity contribution in [1.82, 2.24) is 9.97 Å². The van der Waals surface area contributed by atoms with Crippen LogP contribution in [-0.4, -0.2) is 35.8 Å². The SMILES string of the molecule is CN(c1cc(Cl)nc(N)n1)[C@@H]1[C@H]2CCO[C@H]2C1(C)C. The highest BCUT2D eigenvalue weighted by Gasteiger charge is 2.61. The average Bonchev–Trinajstić information content (AvgIpc) is 2.73. The molecule has 3 atom stereocenters. The second-order valence-electron chi connectivity index (χ2n) is 6.03. The van der Waals surface area contributed by atoms with E-state index in [0.29, 0.717) is 23.2 Å². The van der Waals surface area contributed by atoms with Crippen molar-refractivity contribution in [2.75, 3.05) is 24.3 Å². The van der Waals surface area contributed by atoms with Gasteiger partial charge in [-0.3, -0.25) is 0 Å². The van der Waals surface area contributed by atoms with Crippen LogP contribution in [0.1, 0.15) is 20.3 Å². The molecule has 1 aliphatic carbocycles. The predicted molar refractivity (Wildman–Crippen MR) is 75.3 cm³/mol. The molecule has 0 spiro atoms. The van der Waals surface area contributed by atoms with Gasteiger partial charge in [-0.1, -0.05) is 25.4 Å². The zero-order valence-corrected chi connectivity index (χ0v) is 12.2. The third-order valence-corrected chi connectivity index (χ3v) is 4.71. The van der Waals surface area contributed by atoms with Crippen molar-refractivity contribution in [1.29, 1.82) is 0 Å². The van der Waals surface area contributed by atoms with Crippen LogP contribution in [0.3, 0.4) is 0 Å². The molecule has 1 aromatic heterocycles. The van der Waals surface area contributed by atoms with E-state index in [9.17, 15) is 0 Å². The highest BCUT2D eigenvalue weighted by atomic mass is 35.5. The second-order valence-corrected chi connectivity index (χ2v) is 6.42. The van der Waals surface area contributed by atoms with E-state index < -0.39 is 0 Å². The fourth-order valence-electron chi connectivity index (χ4n) is 3.83. The van der Waals surface area contributed by atoms with Gasteiger partial charge < -0.3 is 15.4 Å². The lowest BCUT2D eigenvalue weighted by atomic mass is 9.57. The maximum Gasteiger partial charge on any atom is 0.223 e. The summed E-state index contributed by atoms with van der Waals surface area (Å²) in [6.07, 6.45) is 1.46. The quantitative estimate of drug-likeness (QED) is 0.840. The van der Waals surface area contributed by atoms with Crippen LogP contribution in [-0.2, 0) is 4.74 Å². The summed E-state index contributed by atoms with van der Waals surface area (Å²) >= 11 is 5.96. The lowest BCUT2D eigenvalue weighted by Crippen LogP contribution is -2.66. The lowest BCUT2D eigenvalue weighted by molar-refractivity contribution is -0.101. The fraction of sp³-hybridized carbons (Fsp3) is 0.692. The van der Waals surface area contributed by atoms with Crippen LogP contribution < -0.4 is 10.6 Å². The van der Waals surface area contributed by atoms with Crippen LogP contribution in [0.15, 0.2) is 6.07 Å². The number of nitrogens with zero attached hydrogens (tertiary/aromatic N) is 3. The number of nitrogen functional groups attached to an aromatic ring is 1. The number of nitrogens with two attached hydrogens (primary N) is 1. The molecule has 1 saturated heterocycles. The van der Waals surface area contributed by atoms with Crippen molar-refractivity contribution in [2.45, 2.75) is 32.4 Å². The van der Waals surface area contributed by atoms with Gasteiger partial charge in [0.05, 0.1) is 6.10 Å². The average molecular weight is 283 g/mol. The maximum absolute atomic E-state index is 5.96. The van der Waals surface area contributed by atoms with Gasteiger partial charge in [0.1, 0.15) is 11.0 Å². The number of ether oxygens (including phenoxy) is 1. The number of aromatic nitrogens is 2. The number of anilines is 2. The van der Waals surface area contributed by atoms with E-state index in [-0.39, 0.29) is 11.4 Å². The third kappa shape index (κ3) is 1.87. The minimum absolute atomic E-state index is 0.113. The van der Waals surface area contributed by atoms with Gasteiger partial charge in [-0.05, 0) is 6.42 Å². The molecule has 1 aliphatic heterocycles. The molecular weight excluding hydrogens is 264 g/mol. The summed E-state index contributed by atoms with van der Waals surface area (Å²) in [5, 5.41) is 0.380. The molecule has 6 heteroatoms. The van der Waals surface area contributed by atoms with Gasteiger partial charge in [0.2, 0.25) is 5.95 Å².